The van der Waals surface area contributed by atoms with Crippen LogP contribution in [0.3, 0.4) is 0 Å². The van der Waals surface area contributed by atoms with Crippen LogP contribution in [-0.2, 0) is 27.5 Å². The van der Waals surface area contributed by atoms with Crippen LogP contribution in [0.5, 0.6) is 0 Å². The van der Waals surface area contributed by atoms with E-state index >= 15 is 0 Å². The molecule has 0 bridgehead atoms. The summed E-state index contributed by atoms with van der Waals surface area (Å²) in [7, 11) is -3.04. The van der Waals surface area contributed by atoms with Crippen molar-refractivity contribution < 1.29 is 18.0 Å². The Balaban J connectivity index is 1.59. The van der Waals surface area contributed by atoms with Gasteiger partial charge in [0.25, 0.3) is 5.91 Å². The first-order valence-corrected chi connectivity index (χ1v) is 13.9. The van der Waals surface area contributed by atoms with Gasteiger partial charge in [-0.05, 0) is 60.5 Å². The molecule has 2 amide bonds. The molecule has 190 valence electrons. The highest BCUT2D eigenvalue weighted by molar-refractivity contribution is 7.93. The maximum atomic E-state index is 13.0. The Morgan fingerprint density at radius 3 is 2.49 bits per heavy atom. The van der Waals surface area contributed by atoms with Crippen LogP contribution in [0.4, 0.5) is 0 Å². The fourth-order valence-electron chi connectivity index (χ4n) is 5.03. The summed E-state index contributed by atoms with van der Waals surface area (Å²) in [6, 6.07) is 1.91. The van der Waals surface area contributed by atoms with Crippen molar-refractivity contribution in [1.29, 1.82) is 0 Å². The molecule has 0 spiro atoms. The number of sulfone groups is 1. The van der Waals surface area contributed by atoms with Crippen molar-refractivity contribution in [3.8, 4) is 11.3 Å². The number of carbonyl (C=O) groups is 2. The van der Waals surface area contributed by atoms with Gasteiger partial charge < -0.3 is 10.6 Å². The lowest BCUT2D eigenvalue weighted by Gasteiger charge is -2.39. The summed E-state index contributed by atoms with van der Waals surface area (Å²) in [4.78, 5) is 30.0. The minimum atomic E-state index is -3.04. The third-order valence-electron chi connectivity index (χ3n) is 6.43. The molecule has 2 N–H and O–H groups in total. The molecule has 0 aromatic carbocycles. The Bertz CT molecular complexity index is 1260. The Morgan fingerprint density at radius 2 is 1.89 bits per heavy atom. The summed E-state index contributed by atoms with van der Waals surface area (Å²) in [6.45, 7) is 11.7. The predicted octanol–water partition coefficient (Wildman–Crippen LogP) is 2.46. The van der Waals surface area contributed by atoms with Gasteiger partial charge in [-0.2, -0.15) is 5.10 Å². The average Bonchev–Trinajstić information content (AvgIpc) is 3.10. The number of rotatable bonds is 5. The molecular formula is C25H35N5O4S. The topological polar surface area (TPSA) is 123 Å². The summed E-state index contributed by atoms with van der Waals surface area (Å²) in [5.41, 5.74) is 3.09. The lowest BCUT2D eigenvalue weighted by atomic mass is 9.84. The molecule has 3 heterocycles. The van der Waals surface area contributed by atoms with E-state index in [2.05, 4.69) is 15.6 Å². The molecule has 0 radical (unpaired) electrons. The molecule has 1 aliphatic heterocycles. The molecule has 1 saturated heterocycles. The molecule has 1 fully saturated rings. The van der Waals surface area contributed by atoms with Gasteiger partial charge in [-0.25, -0.2) is 8.42 Å². The van der Waals surface area contributed by atoms with Crippen LogP contribution in [0.15, 0.2) is 18.5 Å². The van der Waals surface area contributed by atoms with Gasteiger partial charge in [-0.15, -0.1) is 0 Å². The molecule has 1 atom stereocenters. The highest BCUT2D eigenvalue weighted by Crippen LogP contribution is 2.35. The minimum Gasteiger partial charge on any atom is -0.349 e. The Kier molecular flexibility index (Phi) is 6.32. The van der Waals surface area contributed by atoms with Gasteiger partial charge in [-0.1, -0.05) is 0 Å². The summed E-state index contributed by atoms with van der Waals surface area (Å²) in [5.74, 6) is -0.555. The number of hydrogen-bond donors (Lipinski definition) is 2. The monoisotopic (exact) mass is 501 g/mol. The molecule has 0 saturated carbocycles. The van der Waals surface area contributed by atoms with E-state index in [1.165, 1.54) is 0 Å². The van der Waals surface area contributed by atoms with Gasteiger partial charge in [0.15, 0.2) is 9.84 Å². The Labute approximate surface area is 207 Å². The summed E-state index contributed by atoms with van der Waals surface area (Å²) >= 11 is 0. The van der Waals surface area contributed by atoms with Gasteiger partial charge in [0.05, 0.1) is 28.3 Å². The van der Waals surface area contributed by atoms with E-state index in [9.17, 15) is 18.0 Å². The van der Waals surface area contributed by atoms with Crippen LogP contribution in [0.25, 0.3) is 11.3 Å². The molecule has 1 unspecified atom stereocenters. The van der Waals surface area contributed by atoms with Crippen LogP contribution in [0, 0.1) is 5.92 Å². The van der Waals surface area contributed by atoms with Gasteiger partial charge >= 0.3 is 0 Å². The fourth-order valence-corrected chi connectivity index (χ4v) is 7.03. The third-order valence-corrected chi connectivity index (χ3v) is 8.58. The van der Waals surface area contributed by atoms with Crippen molar-refractivity contribution in [1.82, 2.24) is 25.4 Å². The van der Waals surface area contributed by atoms with Crippen molar-refractivity contribution >= 4 is 21.7 Å². The van der Waals surface area contributed by atoms with Crippen LogP contribution in [0.2, 0.25) is 0 Å². The number of pyridine rings is 1. The van der Waals surface area contributed by atoms with Gasteiger partial charge in [0.2, 0.25) is 5.91 Å². The van der Waals surface area contributed by atoms with E-state index in [-0.39, 0.29) is 40.8 Å². The molecule has 1 aliphatic carbocycles. The zero-order chi connectivity index (χ0) is 25.8. The number of carbonyl (C=O) groups excluding carboxylic acids is 2. The second-order valence-electron chi connectivity index (χ2n) is 11.5. The van der Waals surface area contributed by atoms with E-state index in [1.807, 2.05) is 45.4 Å². The first kappa shape index (κ1) is 25.3. The van der Waals surface area contributed by atoms with Crippen molar-refractivity contribution in [3.63, 3.8) is 0 Å². The number of nitrogens with zero attached hydrogens (tertiary/aromatic N) is 3. The summed E-state index contributed by atoms with van der Waals surface area (Å²) in [5, 5.41) is 10.8. The van der Waals surface area contributed by atoms with E-state index in [0.717, 1.165) is 22.5 Å². The zero-order valence-corrected chi connectivity index (χ0v) is 22.1. The number of amides is 2. The second-order valence-corrected chi connectivity index (χ2v) is 13.6. The average molecular weight is 502 g/mol. The zero-order valence-electron chi connectivity index (χ0n) is 21.3. The van der Waals surface area contributed by atoms with E-state index in [1.54, 1.807) is 19.3 Å². The number of aromatic nitrogens is 3. The first-order valence-electron chi connectivity index (χ1n) is 12.1. The smallest absolute Gasteiger partial charge is 0.253 e. The van der Waals surface area contributed by atoms with Crippen molar-refractivity contribution in [2.24, 2.45) is 5.92 Å². The van der Waals surface area contributed by atoms with Crippen LogP contribution in [-0.4, -0.2) is 57.6 Å². The summed E-state index contributed by atoms with van der Waals surface area (Å²) in [6.07, 6.45) is 5.13. The van der Waals surface area contributed by atoms with Crippen LogP contribution >= 0.6 is 0 Å². The lowest BCUT2D eigenvalue weighted by molar-refractivity contribution is -0.126. The largest absolute Gasteiger partial charge is 0.349 e. The summed E-state index contributed by atoms with van der Waals surface area (Å²) < 4.78 is 25.2. The number of nitrogens with one attached hydrogen (secondary N) is 2. The third kappa shape index (κ3) is 5.42. The van der Waals surface area contributed by atoms with Gasteiger partial charge in [0.1, 0.15) is 0 Å². The van der Waals surface area contributed by atoms with Gasteiger partial charge in [-0.3, -0.25) is 19.3 Å². The van der Waals surface area contributed by atoms with Crippen molar-refractivity contribution in [2.75, 3.05) is 11.5 Å². The highest BCUT2D eigenvalue weighted by Gasteiger charge is 2.46. The van der Waals surface area contributed by atoms with Crippen LogP contribution in [0.1, 0.15) is 75.6 Å². The SMILES string of the molecule is CC(C)n1nc(-c2cncc(C(=O)NC(C)(C)C)c2)c2c1CC(C(=O)NC1(C)CS(=O)(=O)C1)CC2. The standard InChI is InChI=1S/C25H35N5O4S/c1-15(2)30-20-10-16(22(31)28-25(6)13-35(33,34)14-25)7-8-19(20)21(29-30)17-9-18(12-26-11-17)23(32)27-24(3,4)5/h9,11-12,15-16H,7-8,10,13-14H2,1-6H3,(H,27,32)(H,28,31). The normalized spacial score (nSPS) is 20.6. The van der Waals surface area contributed by atoms with Gasteiger partial charge in [0, 0.05) is 53.1 Å². The van der Waals surface area contributed by atoms with Crippen molar-refractivity contribution in [2.45, 2.75) is 77.9 Å². The molecule has 2 aromatic heterocycles. The maximum Gasteiger partial charge on any atom is 0.253 e. The molecule has 35 heavy (non-hydrogen) atoms. The molecule has 9 nitrogen and oxygen atoms in total. The highest BCUT2D eigenvalue weighted by atomic mass is 32.2. The maximum absolute atomic E-state index is 13.0. The molecule has 2 aromatic rings. The van der Waals surface area contributed by atoms with E-state index in [0.29, 0.717) is 24.8 Å². The Morgan fingerprint density at radius 1 is 1.20 bits per heavy atom. The van der Waals surface area contributed by atoms with E-state index in [4.69, 9.17) is 5.10 Å². The minimum absolute atomic E-state index is 0.0100. The number of fused-ring (bicyclic) bond motifs is 1. The Hall–Kier alpha value is -2.75. The van der Waals surface area contributed by atoms with Crippen LogP contribution < -0.4 is 10.6 Å². The predicted molar refractivity (Wildman–Crippen MR) is 134 cm³/mol. The molecule has 4 rings (SSSR count). The molecule has 10 heteroatoms. The van der Waals surface area contributed by atoms with E-state index < -0.39 is 15.4 Å². The molecular weight excluding hydrogens is 466 g/mol. The van der Waals surface area contributed by atoms with Crippen molar-refractivity contribution in [3.05, 3.63) is 35.3 Å². The second kappa shape index (κ2) is 8.72. The number of hydrogen-bond acceptors (Lipinski definition) is 6. The first-order chi connectivity index (χ1) is 16.2. The fraction of sp³-hybridized carbons (Fsp3) is 0.600. The quantitative estimate of drug-likeness (QED) is 0.649. The molecule has 2 aliphatic rings. The lowest BCUT2D eigenvalue weighted by Crippen LogP contribution is -2.64.